The molecule has 0 aliphatic carbocycles. The highest BCUT2D eigenvalue weighted by atomic mass is 16.5. The second-order valence-corrected chi connectivity index (χ2v) is 5.05. The van der Waals surface area contributed by atoms with Crippen molar-refractivity contribution in [2.45, 2.75) is 26.2 Å². The number of hydrogen-bond acceptors (Lipinski definition) is 4. The standard InChI is InChI=1S/C14H20O4/c1-14(2,3)11-4-6-12(7-5-11)18-9-8-17-10-13(15)16/h4-7H,8-10H2,1-3H3,(H,15,16)/p-1. The second-order valence-electron chi connectivity index (χ2n) is 5.05. The van der Waals surface area contributed by atoms with Crippen LogP contribution < -0.4 is 9.84 Å². The van der Waals surface area contributed by atoms with Crippen LogP contribution in [0.5, 0.6) is 5.75 Å². The summed E-state index contributed by atoms with van der Waals surface area (Å²) >= 11 is 0. The summed E-state index contributed by atoms with van der Waals surface area (Å²) in [4.78, 5) is 10.1. The van der Waals surface area contributed by atoms with Crippen LogP contribution in [0.15, 0.2) is 24.3 Å². The predicted molar refractivity (Wildman–Crippen MR) is 66.5 cm³/mol. The number of rotatable bonds is 6. The zero-order valence-corrected chi connectivity index (χ0v) is 11.1. The predicted octanol–water partition coefficient (Wildman–Crippen LogP) is 1.13. The van der Waals surface area contributed by atoms with Crippen molar-refractivity contribution in [2.75, 3.05) is 19.8 Å². The first-order valence-corrected chi connectivity index (χ1v) is 5.90. The third-order valence-corrected chi connectivity index (χ3v) is 2.44. The number of aliphatic carboxylic acids is 1. The summed E-state index contributed by atoms with van der Waals surface area (Å²) in [5.41, 5.74) is 1.36. The fraction of sp³-hybridized carbons (Fsp3) is 0.500. The summed E-state index contributed by atoms with van der Waals surface area (Å²) in [6, 6.07) is 7.85. The molecular formula is C14H19O4-. The third kappa shape index (κ3) is 5.19. The Kier molecular flexibility index (Phi) is 5.16. The zero-order valence-electron chi connectivity index (χ0n) is 11.1. The normalized spacial score (nSPS) is 11.3. The number of benzene rings is 1. The lowest BCUT2D eigenvalue weighted by atomic mass is 9.87. The molecule has 1 aromatic carbocycles. The minimum atomic E-state index is -1.22. The minimum absolute atomic E-state index is 0.121. The fourth-order valence-corrected chi connectivity index (χ4v) is 1.43. The molecule has 0 radical (unpaired) electrons. The first-order chi connectivity index (χ1) is 8.39. The first-order valence-electron chi connectivity index (χ1n) is 5.90. The lowest BCUT2D eigenvalue weighted by molar-refractivity contribution is -0.309. The summed E-state index contributed by atoms with van der Waals surface area (Å²) < 4.78 is 10.2. The molecule has 4 heteroatoms. The van der Waals surface area contributed by atoms with Crippen LogP contribution in [0.1, 0.15) is 26.3 Å². The molecule has 0 aliphatic heterocycles. The van der Waals surface area contributed by atoms with E-state index in [9.17, 15) is 9.90 Å². The van der Waals surface area contributed by atoms with Crippen LogP contribution in [-0.4, -0.2) is 25.8 Å². The van der Waals surface area contributed by atoms with Crippen molar-refractivity contribution < 1.29 is 19.4 Å². The van der Waals surface area contributed by atoms with Crippen LogP contribution in [0.25, 0.3) is 0 Å². The molecule has 0 N–H and O–H groups in total. The van der Waals surface area contributed by atoms with Gasteiger partial charge >= 0.3 is 0 Å². The number of hydrogen-bond donors (Lipinski definition) is 0. The van der Waals surface area contributed by atoms with Crippen molar-refractivity contribution in [3.8, 4) is 5.75 Å². The molecule has 100 valence electrons. The van der Waals surface area contributed by atoms with Gasteiger partial charge in [-0.25, -0.2) is 0 Å². The Morgan fingerprint density at radius 2 is 1.78 bits per heavy atom. The van der Waals surface area contributed by atoms with Gasteiger partial charge in [-0.3, -0.25) is 0 Å². The molecule has 0 saturated carbocycles. The molecule has 18 heavy (non-hydrogen) atoms. The molecule has 1 rings (SSSR count). The monoisotopic (exact) mass is 251 g/mol. The minimum Gasteiger partial charge on any atom is -0.548 e. The van der Waals surface area contributed by atoms with Crippen LogP contribution in [0.3, 0.4) is 0 Å². The van der Waals surface area contributed by atoms with Gasteiger partial charge in [-0.2, -0.15) is 0 Å². The van der Waals surface area contributed by atoms with E-state index in [1.807, 2.05) is 24.3 Å². The van der Waals surface area contributed by atoms with Gasteiger partial charge in [-0.1, -0.05) is 32.9 Å². The highest BCUT2D eigenvalue weighted by molar-refractivity contribution is 5.65. The van der Waals surface area contributed by atoms with Crippen LogP contribution in [0, 0.1) is 0 Å². The number of carboxylic acids is 1. The van der Waals surface area contributed by atoms with Crippen LogP contribution >= 0.6 is 0 Å². The van der Waals surface area contributed by atoms with E-state index < -0.39 is 12.6 Å². The van der Waals surface area contributed by atoms with Gasteiger partial charge < -0.3 is 19.4 Å². The van der Waals surface area contributed by atoms with Crippen molar-refractivity contribution >= 4 is 5.97 Å². The fourth-order valence-electron chi connectivity index (χ4n) is 1.43. The molecule has 0 amide bonds. The lowest BCUT2D eigenvalue weighted by Crippen LogP contribution is -2.28. The highest BCUT2D eigenvalue weighted by Crippen LogP contribution is 2.24. The lowest BCUT2D eigenvalue weighted by Gasteiger charge is -2.19. The van der Waals surface area contributed by atoms with E-state index in [1.165, 1.54) is 5.56 Å². The maximum atomic E-state index is 10.1. The number of carboxylic acid groups (broad SMARTS) is 1. The van der Waals surface area contributed by atoms with E-state index in [0.29, 0.717) is 6.61 Å². The van der Waals surface area contributed by atoms with E-state index in [0.717, 1.165) is 5.75 Å². The summed E-state index contributed by atoms with van der Waals surface area (Å²) in [5.74, 6) is -0.468. The largest absolute Gasteiger partial charge is 0.548 e. The SMILES string of the molecule is CC(C)(C)c1ccc(OCCOCC(=O)[O-])cc1. The average Bonchev–Trinajstić information content (AvgIpc) is 2.27. The van der Waals surface area contributed by atoms with Crippen molar-refractivity contribution in [3.05, 3.63) is 29.8 Å². The Labute approximate surface area is 108 Å². The molecule has 0 unspecified atom stereocenters. The van der Waals surface area contributed by atoms with Gasteiger partial charge in [-0.15, -0.1) is 0 Å². The molecule has 0 bridgehead atoms. The van der Waals surface area contributed by atoms with Crippen LogP contribution in [0.4, 0.5) is 0 Å². The molecule has 4 nitrogen and oxygen atoms in total. The van der Waals surface area contributed by atoms with Crippen LogP contribution in [0.2, 0.25) is 0 Å². The summed E-state index contributed by atoms with van der Waals surface area (Å²) in [6.07, 6.45) is 0. The molecule has 0 heterocycles. The van der Waals surface area contributed by atoms with Crippen LogP contribution in [-0.2, 0) is 14.9 Å². The van der Waals surface area contributed by atoms with E-state index >= 15 is 0 Å². The van der Waals surface area contributed by atoms with Crippen molar-refractivity contribution in [1.29, 1.82) is 0 Å². The van der Waals surface area contributed by atoms with Gasteiger partial charge in [0.25, 0.3) is 0 Å². The van der Waals surface area contributed by atoms with Gasteiger partial charge in [0, 0.05) is 0 Å². The molecule has 0 atom stereocenters. The van der Waals surface area contributed by atoms with Gasteiger partial charge in [-0.05, 0) is 23.1 Å². The zero-order chi connectivity index (χ0) is 13.6. The maximum absolute atomic E-state index is 10.1. The maximum Gasteiger partial charge on any atom is 0.119 e. The van der Waals surface area contributed by atoms with E-state index in [-0.39, 0.29) is 12.0 Å². The molecular weight excluding hydrogens is 232 g/mol. The molecule has 0 aliphatic rings. The highest BCUT2D eigenvalue weighted by Gasteiger charge is 2.12. The molecule has 0 spiro atoms. The topological polar surface area (TPSA) is 58.6 Å². The van der Waals surface area contributed by atoms with E-state index in [2.05, 4.69) is 20.8 Å². The Hall–Kier alpha value is -1.55. The smallest absolute Gasteiger partial charge is 0.119 e. The Balaban J connectivity index is 2.33. The van der Waals surface area contributed by atoms with Gasteiger partial charge in [0.2, 0.25) is 0 Å². The number of ether oxygens (including phenoxy) is 2. The Morgan fingerprint density at radius 3 is 2.28 bits per heavy atom. The summed E-state index contributed by atoms with van der Waals surface area (Å²) in [6.45, 7) is 6.60. The quantitative estimate of drug-likeness (QED) is 0.711. The van der Waals surface area contributed by atoms with Gasteiger partial charge in [0.05, 0.1) is 19.2 Å². The van der Waals surface area contributed by atoms with Gasteiger partial charge in [0.1, 0.15) is 12.4 Å². The summed E-state index contributed by atoms with van der Waals surface area (Å²) in [7, 11) is 0. The third-order valence-electron chi connectivity index (χ3n) is 2.44. The molecule has 0 aromatic heterocycles. The Bertz CT molecular complexity index is 376. The van der Waals surface area contributed by atoms with Crippen molar-refractivity contribution in [2.24, 2.45) is 0 Å². The number of carbonyl (C=O) groups is 1. The van der Waals surface area contributed by atoms with Crippen molar-refractivity contribution in [1.82, 2.24) is 0 Å². The van der Waals surface area contributed by atoms with E-state index in [4.69, 9.17) is 9.47 Å². The number of carbonyl (C=O) groups excluding carboxylic acids is 1. The van der Waals surface area contributed by atoms with Crippen molar-refractivity contribution in [3.63, 3.8) is 0 Å². The molecule has 0 saturated heterocycles. The molecule has 1 aromatic rings. The Morgan fingerprint density at radius 1 is 1.17 bits per heavy atom. The van der Waals surface area contributed by atoms with Gasteiger partial charge in [0.15, 0.2) is 0 Å². The molecule has 0 fully saturated rings. The first kappa shape index (κ1) is 14.5. The summed E-state index contributed by atoms with van der Waals surface area (Å²) in [5, 5.41) is 10.1. The average molecular weight is 251 g/mol. The van der Waals surface area contributed by atoms with E-state index in [1.54, 1.807) is 0 Å². The second kappa shape index (κ2) is 6.40.